The third-order valence-electron chi connectivity index (χ3n) is 2.36. The van der Waals surface area contributed by atoms with Crippen molar-refractivity contribution in [2.45, 2.75) is 6.04 Å². The molecule has 5 heteroatoms. The summed E-state index contributed by atoms with van der Waals surface area (Å²) in [5.41, 5.74) is 0.745. The molecule has 2 rings (SSSR count). The Labute approximate surface area is 98.0 Å². The molecule has 2 N–H and O–H groups in total. The monoisotopic (exact) mass is 224 g/mol. The summed E-state index contributed by atoms with van der Waals surface area (Å²) in [5, 5.41) is 30.1. The van der Waals surface area contributed by atoms with Gasteiger partial charge in [-0.05, 0) is 5.56 Å². The predicted molar refractivity (Wildman–Crippen MR) is 60.6 cm³/mol. The maximum atomic E-state index is 9.73. The number of benzene rings is 1. The van der Waals surface area contributed by atoms with Crippen LogP contribution in [0.15, 0.2) is 46.7 Å². The molecule has 1 unspecified atom stereocenters. The minimum absolute atomic E-state index is 0.0687. The SMILES string of the molecule is N#CC1=C(C#N)NC(c2ccccc2)C(O)=N1. The molecule has 0 saturated heterocycles. The van der Waals surface area contributed by atoms with Crippen LogP contribution in [0.5, 0.6) is 0 Å². The molecule has 1 aromatic rings. The number of aliphatic imine (C=N–C) groups is 1. The summed E-state index contributed by atoms with van der Waals surface area (Å²) >= 11 is 0. The van der Waals surface area contributed by atoms with Crippen LogP contribution < -0.4 is 5.32 Å². The number of rotatable bonds is 1. The van der Waals surface area contributed by atoms with Gasteiger partial charge in [-0.1, -0.05) is 30.3 Å². The van der Waals surface area contributed by atoms with Gasteiger partial charge in [0, 0.05) is 0 Å². The van der Waals surface area contributed by atoms with E-state index in [9.17, 15) is 5.11 Å². The third-order valence-corrected chi connectivity index (χ3v) is 2.36. The lowest BCUT2D eigenvalue weighted by Gasteiger charge is -2.21. The van der Waals surface area contributed by atoms with E-state index in [1.54, 1.807) is 18.2 Å². The predicted octanol–water partition coefficient (Wildman–Crippen LogP) is 1.55. The number of aliphatic hydroxyl groups is 1. The number of allylic oxidation sites excluding steroid dienone is 2. The van der Waals surface area contributed by atoms with Crippen LogP contribution in [-0.4, -0.2) is 11.0 Å². The van der Waals surface area contributed by atoms with Crippen LogP contribution in [0.2, 0.25) is 0 Å². The highest BCUT2D eigenvalue weighted by atomic mass is 16.3. The zero-order valence-corrected chi connectivity index (χ0v) is 8.75. The highest BCUT2D eigenvalue weighted by Gasteiger charge is 2.25. The quantitative estimate of drug-likeness (QED) is 0.756. The summed E-state index contributed by atoms with van der Waals surface area (Å²) in [6, 6.07) is 12.1. The molecule has 17 heavy (non-hydrogen) atoms. The lowest BCUT2D eigenvalue weighted by Crippen LogP contribution is -2.31. The molecule has 1 aliphatic heterocycles. The highest BCUT2D eigenvalue weighted by Crippen LogP contribution is 2.21. The van der Waals surface area contributed by atoms with E-state index in [1.165, 1.54) is 0 Å². The van der Waals surface area contributed by atoms with E-state index >= 15 is 0 Å². The van der Waals surface area contributed by atoms with Crippen molar-refractivity contribution in [2.24, 2.45) is 4.99 Å². The van der Waals surface area contributed by atoms with Crippen LogP contribution in [0.1, 0.15) is 11.6 Å². The van der Waals surface area contributed by atoms with E-state index in [4.69, 9.17) is 10.5 Å². The van der Waals surface area contributed by atoms with E-state index in [2.05, 4.69) is 10.3 Å². The van der Waals surface area contributed by atoms with Gasteiger partial charge in [-0.15, -0.1) is 0 Å². The molecule has 0 spiro atoms. The molecule has 0 aliphatic carbocycles. The molecule has 82 valence electrons. The van der Waals surface area contributed by atoms with Crippen molar-refractivity contribution in [3.05, 3.63) is 47.3 Å². The Kier molecular flexibility index (Phi) is 2.76. The number of aliphatic hydroxyl groups excluding tert-OH is 1. The topological polar surface area (TPSA) is 92.2 Å². The van der Waals surface area contributed by atoms with Gasteiger partial charge in [-0.3, -0.25) is 0 Å². The number of hydrogen-bond donors (Lipinski definition) is 2. The first-order valence-electron chi connectivity index (χ1n) is 4.89. The Bertz CT molecular complexity index is 575. The molecule has 1 heterocycles. The van der Waals surface area contributed by atoms with Crippen molar-refractivity contribution in [3.8, 4) is 12.1 Å². The van der Waals surface area contributed by atoms with Crippen molar-refractivity contribution in [1.82, 2.24) is 5.32 Å². The molecule has 1 aliphatic rings. The van der Waals surface area contributed by atoms with Crippen LogP contribution in [0.25, 0.3) is 0 Å². The smallest absolute Gasteiger partial charge is 0.214 e. The Morgan fingerprint density at radius 1 is 1.18 bits per heavy atom. The molecule has 1 aromatic carbocycles. The zero-order valence-electron chi connectivity index (χ0n) is 8.75. The maximum Gasteiger partial charge on any atom is 0.214 e. The number of hydrogen-bond acceptors (Lipinski definition) is 4. The molecule has 1 atom stereocenters. The number of nitriles is 2. The largest absolute Gasteiger partial charge is 0.495 e. The van der Waals surface area contributed by atoms with Crippen LogP contribution >= 0.6 is 0 Å². The van der Waals surface area contributed by atoms with E-state index in [1.807, 2.05) is 24.3 Å². The molecule has 0 fully saturated rings. The molecular formula is C12H8N4O. The molecule has 0 radical (unpaired) electrons. The maximum absolute atomic E-state index is 9.73. The Balaban J connectivity index is 2.40. The number of nitrogens with one attached hydrogen (secondary N) is 1. The summed E-state index contributed by atoms with van der Waals surface area (Å²) in [5.74, 6) is -0.216. The fourth-order valence-corrected chi connectivity index (χ4v) is 1.56. The van der Waals surface area contributed by atoms with Gasteiger partial charge in [-0.25, -0.2) is 4.99 Å². The average molecular weight is 224 g/mol. The first-order chi connectivity index (χ1) is 8.26. The van der Waals surface area contributed by atoms with Gasteiger partial charge in [0.15, 0.2) is 11.4 Å². The van der Waals surface area contributed by atoms with Gasteiger partial charge >= 0.3 is 0 Å². The van der Waals surface area contributed by atoms with Crippen LogP contribution in [0, 0.1) is 22.7 Å². The summed E-state index contributed by atoms with van der Waals surface area (Å²) in [6.45, 7) is 0. The van der Waals surface area contributed by atoms with Crippen LogP contribution in [0.3, 0.4) is 0 Å². The summed E-state index contributed by atoms with van der Waals surface area (Å²) in [6.07, 6.45) is 0. The van der Waals surface area contributed by atoms with Crippen molar-refractivity contribution in [3.63, 3.8) is 0 Å². The normalized spacial score (nSPS) is 18.7. The highest BCUT2D eigenvalue weighted by molar-refractivity contribution is 5.84. The molecule has 0 amide bonds. The molecule has 5 nitrogen and oxygen atoms in total. The minimum Gasteiger partial charge on any atom is -0.495 e. The van der Waals surface area contributed by atoms with E-state index in [-0.39, 0.29) is 17.3 Å². The standard InChI is InChI=1S/C12H8N4O/c13-6-9-10(7-14)16-12(17)11(15-9)8-4-2-1-3-5-8/h1-5,11,15H,(H,16,17). The van der Waals surface area contributed by atoms with Crippen molar-refractivity contribution >= 4 is 5.90 Å². The second kappa shape index (κ2) is 4.38. The zero-order chi connectivity index (χ0) is 12.3. The van der Waals surface area contributed by atoms with Crippen LogP contribution in [-0.2, 0) is 0 Å². The molecule has 0 saturated carbocycles. The minimum atomic E-state index is -0.581. The number of nitrogens with zero attached hydrogens (tertiary/aromatic N) is 3. The third kappa shape index (κ3) is 1.95. The fourth-order valence-electron chi connectivity index (χ4n) is 1.56. The van der Waals surface area contributed by atoms with E-state index in [0.717, 1.165) is 5.56 Å². The van der Waals surface area contributed by atoms with Crippen LogP contribution in [0.4, 0.5) is 0 Å². The second-order valence-electron chi connectivity index (χ2n) is 3.41. The second-order valence-corrected chi connectivity index (χ2v) is 3.41. The van der Waals surface area contributed by atoms with Gasteiger partial charge in [0.05, 0.1) is 0 Å². The Morgan fingerprint density at radius 3 is 2.47 bits per heavy atom. The van der Waals surface area contributed by atoms with Crippen molar-refractivity contribution in [1.29, 1.82) is 10.5 Å². The summed E-state index contributed by atoms with van der Waals surface area (Å²) in [4.78, 5) is 3.72. The Hall–Kier alpha value is -2.79. The van der Waals surface area contributed by atoms with Gasteiger partial charge in [0.25, 0.3) is 0 Å². The molecular weight excluding hydrogens is 216 g/mol. The van der Waals surface area contributed by atoms with E-state index in [0.29, 0.717) is 0 Å². The fraction of sp³-hybridized carbons (Fsp3) is 0.0833. The van der Waals surface area contributed by atoms with Gasteiger partial charge in [0.2, 0.25) is 5.90 Å². The lowest BCUT2D eigenvalue weighted by atomic mass is 10.1. The Morgan fingerprint density at radius 2 is 1.88 bits per heavy atom. The average Bonchev–Trinajstić information content (AvgIpc) is 2.39. The lowest BCUT2D eigenvalue weighted by molar-refractivity contribution is 0.492. The molecule has 0 bridgehead atoms. The molecule has 0 aromatic heterocycles. The van der Waals surface area contributed by atoms with Crippen molar-refractivity contribution in [2.75, 3.05) is 0 Å². The first-order valence-corrected chi connectivity index (χ1v) is 4.89. The first kappa shape index (κ1) is 10.7. The summed E-state index contributed by atoms with van der Waals surface area (Å²) < 4.78 is 0. The van der Waals surface area contributed by atoms with Gasteiger partial charge in [0.1, 0.15) is 18.2 Å². The van der Waals surface area contributed by atoms with Gasteiger partial charge in [-0.2, -0.15) is 10.5 Å². The van der Waals surface area contributed by atoms with E-state index < -0.39 is 6.04 Å². The van der Waals surface area contributed by atoms with Crippen molar-refractivity contribution < 1.29 is 5.11 Å². The van der Waals surface area contributed by atoms with Gasteiger partial charge < -0.3 is 10.4 Å². The summed E-state index contributed by atoms with van der Waals surface area (Å²) in [7, 11) is 0.